The maximum absolute atomic E-state index is 13.2. The molecule has 9 nitrogen and oxygen atoms in total. The van der Waals surface area contributed by atoms with Crippen molar-refractivity contribution >= 4 is 29.3 Å². The molecule has 0 aliphatic carbocycles. The number of carbonyl (C=O) groups is 4. The van der Waals surface area contributed by atoms with Crippen molar-refractivity contribution in [2.75, 3.05) is 18.4 Å². The molecule has 3 rings (SSSR count). The number of rotatable bonds is 9. The molecule has 1 aromatic carbocycles. The number of hydrogen-bond donors (Lipinski definition) is 4. The second-order valence-electron chi connectivity index (χ2n) is 10.5. The van der Waals surface area contributed by atoms with E-state index in [1.54, 1.807) is 30.9 Å². The first kappa shape index (κ1) is 26.7. The molecule has 0 spiro atoms. The van der Waals surface area contributed by atoms with Crippen LogP contribution < -0.4 is 21.3 Å². The molecule has 1 aromatic rings. The first-order valence-electron chi connectivity index (χ1n) is 12.6. The number of hydrogen-bond acceptors (Lipinski definition) is 5. The molecule has 0 bridgehead atoms. The summed E-state index contributed by atoms with van der Waals surface area (Å²) in [6.07, 6.45) is 3.49. The van der Waals surface area contributed by atoms with E-state index in [4.69, 9.17) is 0 Å². The fourth-order valence-electron chi connectivity index (χ4n) is 4.64. The molecular weight excluding hydrogens is 446 g/mol. The zero-order valence-electron chi connectivity index (χ0n) is 21.2. The van der Waals surface area contributed by atoms with Crippen LogP contribution in [0.1, 0.15) is 59.8 Å². The van der Waals surface area contributed by atoms with E-state index < -0.39 is 23.5 Å². The minimum absolute atomic E-state index is 0.0445. The number of likely N-dealkylation sites (tertiary alicyclic amines) is 1. The number of nitrogens with one attached hydrogen (secondary N) is 4. The summed E-state index contributed by atoms with van der Waals surface area (Å²) >= 11 is 0. The van der Waals surface area contributed by atoms with Crippen molar-refractivity contribution in [3.05, 3.63) is 30.3 Å². The monoisotopic (exact) mass is 485 g/mol. The van der Waals surface area contributed by atoms with Crippen molar-refractivity contribution in [2.45, 2.75) is 83.5 Å². The lowest BCUT2D eigenvalue weighted by atomic mass is 9.99. The first-order chi connectivity index (χ1) is 16.6. The summed E-state index contributed by atoms with van der Waals surface area (Å²) in [6, 6.07) is 7.49. The lowest BCUT2D eigenvalue weighted by Crippen LogP contribution is -2.61. The van der Waals surface area contributed by atoms with Gasteiger partial charge in [-0.05, 0) is 70.5 Å². The van der Waals surface area contributed by atoms with Gasteiger partial charge in [-0.2, -0.15) is 0 Å². The molecule has 2 fully saturated rings. The number of carbonyl (C=O) groups excluding carboxylic acids is 4. The smallest absolute Gasteiger partial charge is 0.246 e. The summed E-state index contributed by atoms with van der Waals surface area (Å²) in [7, 11) is 0. The maximum atomic E-state index is 13.2. The van der Waals surface area contributed by atoms with Crippen LogP contribution in [0, 0.1) is 5.92 Å². The Labute approximate surface area is 207 Å². The van der Waals surface area contributed by atoms with Gasteiger partial charge in [0.05, 0.1) is 6.04 Å². The van der Waals surface area contributed by atoms with E-state index >= 15 is 0 Å². The number of amides is 4. The molecule has 9 heteroatoms. The molecule has 4 amide bonds. The highest BCUT2D eigenvalue weighted by atomic mass is 16.2. The van der Waals surface area contributed by atoms with Gasteiger partial charge in [0.1, 0.15) is 17.6 Å². The van der Waals surface area contributed by atoms with Gasteiger partial charge in [-0.25, -0.2) is 0 Å². The van der Waals surface area contributed by atoms with Crippen LogP contribution in [-0.4, -0.2) is 65.3 Å². The average molecular weight is 486 g/mol. The lowest BCUT2D eigenvalue weighted by Gasteiger charge is -2.32. The Morgan fingerprint density at radius 2 is 1.80 bits per heavy atom. The van der Waals surface area contributed by atoms with Gasteiger partial charge in [-0.3, -0.25) is 19.2 Å². The van der Waals surface area contributed by atoms with Crippen molar-refractivity contribution in [3.8, 4) is 0 Å². The molecular formula is C26H39N5O4. The zero-order valence-corrected chi connectivity index (χ0v) is 21.2. The Bertz CT molecular complexity index is 912. The first-order valence-corrected chi connectivity index (χ1v) is 12.6. The summed E-state index contributed by atoms with van der Waals surface area (Å²) in [4.78, 5) is 53.8. The molecule has 0 unspecified atom stereocenters. The van der Waals surface area contributed by atoms with Gasteiger partial charge in [0.15, 0.2) is 0 Å². The Morgan fingerprint density at radius 1 is 1.09 bits per heavy atom. The van der Waals surface area contributed by atoms with E-state index in [0.29, 0.717) is 25.1 Å². The molecule has 2 heterocycles. The van der Waals surface area contributed by atoms with Gasteiger partial charge >= 0.3 is 0 Å². The SMILES string of the molecule is CC(C)C[C@H](NC(=O)C(C)(C)NC(=O)[C@H]1CCCN1C(=O)[C@@H]1CCCN1)C(=O)Nc1ccccc1. The number of para-hydroxylation sites is 1. The zero-order chi connectivity index (χ0) is 25.6. The second-order valence-corrected chi connectivity index (χ2v) is 10.5. The number of benzene rings is 1. The summed E-state index contributed by atoms with van der Waals surface area (Å²) < 4.78 is 0. The van der Waals surface area contributed by atoms with Crippen LogP contribution >= 0.6 is 0 Å². The number of nitrogens with zero attached hydrogens (tertiary/aromatic N) is 1. The van der Waals surface area contributed by atoms with Crippen LogP contribution in [0.4, 0.5) is 5.69 Å². The number of anilines is 1. The van der Waals surface area contributed by atoms with Gasteiger partial charge in [0, 0.05) is 12.2 Å². The van der Waals surface area contributed by atoms with Gasteiger partial charge in [-0.15, -0.1) is 0 Å². The second kappa shape index (κ2) is 11.7. The summed E-state index contributed by atoms with van der Waals surface area (Å²) in [6.45, 7) is 8.53. The maximum Gasteiger partial charge on any atom is 0.246 e. The Morgan fingerprint density at radius 3 is 2.43 bits per heavy atom. The third-order valence-corrected chi connectivity index (χ3v) is 6.57. The van der Waals surface area contributed by atoms with Crippen LogP contribution in [0.2, 0.25) is 0 Å². The Kier molecular flexibility index (Phi) is 8.88. The minimum atomic E-state index is -1.26. The standard InChI is InChI=1S/C26H39N5O4/c1-17(2)16-20(22(32)28-18-10-6-5-7-11-18)29-25(35)26(3,4)30-23(33)21-13-9-15-31(21)24(34)19-12-8-14-27-19/h5-7,10-11,17,19-21,27H,8-9,12-16H2,1-4H3,(H,28,32)(H,29,35)(H,30,33)/t19-,20-,21+/m0/s1. The van der Waals surface area contributed by atoms with Crippen LogP contribution in [0.5, 0.6) is 0 Å². The van der Waals surface area contributed by atoms with Crippen molar-refractivity contribution in [3.63, 3.8) is 0 Å². The molecule has 3 atom stereocenters. The normalized spacial score (nSPS) is 21.0. The highest BCUT2D eigenvalue weighted by Gasteiger charge is 2.41. The van der Waals surface area contributed by atoms with Gasteiger partial charge in [0.2, 0.25) is 23.6 Å². The van der Waals surface area contributed by atoms with Crippen LogP contribution in [0.3, 0.4) is 0 Å². The molecule has 2 aliphatic heterocycles. The third kappa shape index (κ3) is 7.04. The van der Waals surface area contributed by atoms with Gasteiger partial charge < -0.3 is 26.2 Å². The van der Waals surface area contributed by atoms with E-state index in [0.717, 1.165) is 25.8 Å². The van der Waals surface area contributed by atoms with Crippen LogP contribution in [0.15, 0.2) is 30.3 Å². The Hall–Kier alpha value is -2.94. The van der Waals surface area contributed by atoms with E-state index in [1.807, 2.05) is 32.0 Å². The molecule has 2 saturated heterocycles. The molecule has 0 radical (unpaired) electrons. The molecule has 0 saturated carbocycles. The summed E-state index contributed by atoms with van der Waals surface area (Å²) in [5.41, 5.74) is -0.613. The van der Waals surface area contributed by atoms with E-state index in [-0.39, 0.29) is 29.7 Å². The van der Waals surface area contributed by atoms with Crippen molar-refractivity contribution in [1.29, 1.82) is 0 Å². The average Bonchev–Trinajstić information content (AvgIpc) is 3.50. The predicted molar refractivity (Wildman–Crippen MR) is 134 cm³/mol. The summed E-state index contributed by atoms with van der Waals surface area (Å²) in [5, 5.41) is 11.7. The molecule has 35 heavy (non-hydrogen) atoms. The van der Waals surface area contributed by atoms with E-state index in [1.165, 1.54) is 0 Å². The molecule has 0 aromatic heterocycles. The van der Waals surface area contributed by atoms with Crippen molar-refractivity contribution in [1.82, 2.24) is 20.9 Å². The van der Waals surface area contributed by atoms with E-state index in [2.05, 4.69) is 21.3 Å². The highest BCUT2D eigenvalue weighted by Crippen LogP contribution is 2.22. The Balaban J connectivity index is 1.63. The molecule has 192 valence electrons. The highest BCUT2D eigenvalue weighted by molar-refractivity contribution is 6.00. The fraction of sp³-hybridized carbons (Fsp3) is 0.615. The molecule has 4 N–H and O–H groups in total. The van der Waals surface area contributed by atoms with E-state index in [9.17, 15) is 19.2 Å². The van der Waals surface area contributed by atoms with Crippen molar-refractivity contribution < 1.29 is 19.2 Å². The summed E-state index contributed by atoms with van der Waals surface area (Å²) in [5.74, 6) is -0.980. The topological polar surface area (TPSA) is 120 Å². The van der Waals surface area contributed by atoms with Crippen LogP contribution in [0.25, 0.3) is 0 Å². The minimum Gasteiger partial charge on any atom is -0.342 e. The quantitative estimate of drug-likeness (QED) is 0.425. The third-order valence-electron chi connectivity index (χ3n) is 6.57. The lowest BCUT2D eigenvalue weighted by molar-refractivity contribution is -0.142. The van der Waals surface area contributed by atoms with Crippen LogP contribution in [-0.2, 0) is 19.2 Å². The van der Waals surface area contributed by atoms with Gasteiger partial charge in [-0.1, -0.05) is 32.0 Å². The molecule has 2 aliphatic rings. The fourth-order valence-corrected chi connectivity index (χ4v) is 4.64. The van der Waals surface area contributed by atoms with Crippen molar-refractivity contribution in [2.24, 2.45) is 5.92 Å². The predicted octanol–water partition coefficient (Wildman–Crippen LogP) is 1.79. The van der Waals surface area contributed by atoms with Gasteiger partial charge in [0.25, 0.3) is 0 Å². The largest absolute Gasteiger partial charge is 0.342 e.